The molecule has 0 N–H and O–H groups in total. The smallest absolute Gasteiger partial charge is 0.0992 e. The van der Waals surface area contributed by atoms with E-state index in [0.717, 1.165) is 49.9 Å². The molecule has 0 fully saturated rings. The van der Waals surface area contributed by atoms with Crippen LogP contribution in [0.15, 0.2) is 158 Å². The van der Waals surface area contributed by atoms with E-state index >= 15 is 0 Å². The van der Waals surface area contributed by atoms with Crippen molar-refractivity contribution in [3.8, 4) is 23.1 Å². The topological polar surface area (TPSA) is 38.6 Å². The molecule has 0 amide bonds. The van der Waals surface area contributed by atoms with E-state index in [1.54, 1.807) is 0 Å². The lowest BCUT2D eigenvalue weighted by molar-refractivity contribution is 1.16. The molecule has 4 heteroatoms. The van der Waals surface area contributed by atoms with Crippen molar-refractivity contribution in [2.75, 3.05) is 0 Å². The maximum absolute atomic E-state index is 9.75. The molecule has 0 unspecified atom stereocenters. The fourth-order valence-electron chi connectivity index (χ4n) is 7.70. The lowest BCUT2D eigenvalue weighted by atomic mass is 10.1. The van der Waals surface area contributed by atoms with E-state index in [0.29, 0.717) is 5.56 Å². The van der Waals surface area contributed by atoms with Crippen molar-refractivity contribution >= 4 is 65.4 Å². The van der Waals surface area contributed by atoms with Crippen LogP contribution < -0.4 is 0 Å². The first-order chi connectivity index (χ1) is 23.3. The number of nitrogens with zero attached hydrogens (tertiary/aromatic N) is 4. The molecule has 3 aromatic heterocycles. The first-order valence-electron chi connectivity index (χ1n) is 15.8. The van der Waals surface area contributed by atoms with Gasteiger partial charge in [-0.1, -0.05) is 84.9 Å². The summed E-state index contributed by atoms with van der Waals surface area (Å²) in [6, 6.07) is 58.2. The van der Waals surface area contributed by atoms with Gasteiger partial charge in [0.25, 0.3) is 0 Å². The molecule has 47 heavy (non-hydrogen) atoms. The maximum Gasteiger partial charge on any atom is 0.0992 e. The molecule has 0 aliphatic carbocycles. The van der Waals surface area contributed by atoms with Gasteiger partial charge in [-0.25, -0.2) is 0 Å². The van der Waals surface area contributed by atoms with Crippen molar-refractivity contribution in [3.63, 3.8) is 0 Å². The summed E-state index contributed by atoms with van der Waals surface area (Å²) in [4.78, 5) is 0. The van der Waals surface area contributed by atoms with E-state index in [-0.39, 0.29) is 0 Å². The molecule has 0 saturated carbocycles. The molecule has 218 valence electrons. The molecule has 0 atom stereocenters. The minimum absolute atomic E-state index is 0.651. The van der Waals surface area contributed by atoms with Gasteiger partial charge in [-0.15, -0.1) is 0 Å². The van der Waals surface area contributed by atoms with Crippen LogP contribution >= 0.6 is 0 Å². The normalized spacial score (nSPS) is 11.8. The average molecular weight is 599 g/mol. The summed E-state index contributed by atoms with van der Waals surface area (Å²) in [5.41, 5.74) is 10.9. The predicted molar refractivity (Wildman–Crippen MR) is 194 cm³/mol. The fourth-order valence-corrected chi connectivity index (χ4v) is 7.70. The van der Waals surface area contributed by atoms with Gasteiger partial charge in [0.05, 0.1) is 44.7 Å². The zero-order chi connectivity index (χ0) is 31.1. The highest BCUT2D eigenvalue weighted by molar-refractivity contribution is 6.26. The predicted octanol–water partition coefficient (Wildman–Crippen LogP) is 10.8. The monoisotopic (exact) mass is 598 g/mol. The van der Waals surface area contributed by atoms with Crippen LogP contribution in [0.25, 0.3) is 82.5 Å². The number of benzene rings is 7. The molecule has 7 aromatic carbocycles. The number of aromatic nitrogens is 3. The van der Waals surface area contributed by atoms with E-state index in [2.05, 4.69) is 159 Å². The summed E-state index contributed by atoms with van der Waals surface area (Å²) < 4.78 is 7.10. The molecule has 0 aliphatic rings. The first-order valence-corrected chi connectivity index (χ1v) is 15.8. The molecule has 0 radical (unpaired) electrons. The summed E-state index contributed by atoms with van der Waals surface area (Å²) in [6.45, 7) is 0. The number of para-hydroxylation sites is 4. The van der Waals surface area contributed by atoms with Gasteiger partial charge in [-0.3, -0.25) is 0 Å². The number of rotatable bonds is 3. The minimum Gasteiger partial charge on any atom is -0.309 e. The third-order valence-corrected chi connectivity index (χ3v) is 9.64. The average Bonchev–Trinajstić information content (AvgIpc) is 3.77. The molecule has 0 spiro atoms. The Morgan fingerprint density at radius 3 is 1.66 bits per heavy atom. The Morgan fingerprint density at radius 1 is 0.362 bits per heavy atom. The van der Waals surface area contributed by atoms with Gasteiger partial charge < -0.3 is 13.7 Å². The van der Waals surface area contributed by atoms with Crippen LogP contribution in [0.2, 0.25) is 0 Å². The summed E-state index contributed by atoms with van der Waals surface area (Å²) >= 11 is 0. The SMILES string of the molecule is N#Cc1ccc2c3cc(-n4c5ccccc5c5c4ccc4c6ccccc6n(-c6ccccc6)c45)ccc3n(-c3ccccc3)c2c1. The van der Waals surface area contributed by atoms with E-state index in [1.165, 1.54) is 32.6 Å². The standard InChI is InChI=1S/C43H26N4/c44-27-28-19-21-33-36-26-31(20-23-39(36)45(41(33)25-28)29-11-3-1-4-12-29)46-38-18-10-8-16-35(38)42-40(46)24-22-34-32-15-7-9-17-37(32)47(43(34)42)30-13-5-2-6-14-30/h1-26H. The highest BCUT2D eigenvalue weighted by Crippen LogP contribution is 2.43. The second-order valence-electron chi connectivity index (χ2n) is 12.1. The molecule has 3 heterocycles. The second kappa shape index (κ2) is 9.71. The lowest BCUT2D eigenvalue weighted by Crippen LogP contribution is -1.96. The third-order valence-electron chi connectivity index (χ3n) is 9.64. The Bertz CT molecular complexity index is 2900. The van der Waals surface area contributed by atoms with Gasteiger partial charge in [0.15, 0.2) is 0 Å². The van der Waals surface area contributed by atoms with Crippen LogP contribution in [0, 0.1) is 11.3 Å². The first kappa shape index (κ1) is 25.7. The molecular weight excluding hydrogens is 573 g/mol. The highest BCUT2D eigenvalue weighted by atomic mass is 15.0. The number of nitriles is 1. The van der Waals surface area contributed by atoms with Crippen LogP contribution in [0.5, 0.6) is 0 Å². The van der Waals surface area contributed by atoms with Crippen molar-refractivity contribution < 1.29 is 0 Å². The van der Waals surface area contributed by atoms with Gasteiger partial charge in [0.1, 0.15) is 0 Å². The van der Waals surface area contributed by atoms with E-state index in [4.69, 9.17) is 0 Å². The Balaban J connectivity index is 1.33. The molecule has 0 bridgehead atoms. The number of hydrogen-bond acceptors (Lipinski definition) is 1. The quantitative estimate of drug-likeness (QED) is 0.199. The van der Waals surface area contributed by atoms with Gasteiger partial charge in [-0.2, -0.15) is 5.26 Å². The maximum atomic E-state index is 9.75. The van der Waals surface area contributed by atoms with Crippen molar-refractivity contribution in [3.05, 3.63) is 163 Å². The Morgan fingerprint density at radius 2 is 0.915 bits per heavy atom. The van der Waals surface area contributed by atoms with Gasteiger partial charge >= 0.3 is 0 Å². The highest BCUT2D eigenvalue weighted by Gasteiger charge is 2.21. The largest absolute Gasteiger partial charge is 0.309 e. The zero-order valence-corrected chi connectivity index (χ0v) is 25.3. The summed E-state index contributed by atoms with van der Waals surface area (Å²) in [5.74, 6) is 0. The van der Waals surface area contributed by atoms with Crippen molar-refractivity contribution in [1.82, 2.24) is 13.7 Å². The van der Waals surface area contributed by atoms with Crippen LogP contribution in [0.1, 0.15) is 5.56 Å². The molecule has 0 aliphatic heterocycles. The van der Waals surface area contributed by atoms with E-state index in [9.17, 15) is 5.26 Å². The number of hydrogen-bond donors (Lipinski definition) is 0. The molecule has 4 nitrogen and oxygen atoms in total. The van der Waals surface area contributed by atoms with Crippen LogP contribution in [0.4, 0.5) is 0 Å². The Kier molecular flexibility index (Phi) is 5.32. The van der Waals surface area contributed by atoms with Crippen molar-refractivity contribution in [2.24, 2.45) is 0 Å². The molecule has 0 saturated heterocycles. The molecule has 10 aromatic rings. The van der Waals surface area contributed by atoms with Crippen LogP contribution in [-0.4, -0.2) is 13.7 Å². The minimum atomic E-state index is 0.651. The van der Waals surface area contributed by atoms with Gasteiger partial charge in [0.2, 0.25) is 0 Å². The summed E-state index contributed by atoms with van der Waals surface area (Å²) in [5, 5.41) is 17.0. The summed E-state index contributed by atoms with van der Waals surface area (Å²) in [7, 11) is 0. The van der Waals surface area contributed by atoms with Crippen LogP contribution in [-0.2, 0) is 0 Å². The van der Waals surface area contributed by atoms with Gasteiger partial charge in [0, 0.05) is 49.4 Å². The molecule has 10 rings (SSSR count). The Hall–Kier alpha value is -6.57. The van der Waals surface area contributed by atoms with Gasteiger partial charge in [-0.05, 0) is 72.8 Å². The zero-order valence-electron chi connectivity index (χ0n) is 25.3. The van der Waals surface area contributed by atoms with E-state index < -0.39 is 0 Å². The second-order valence-corrected chi connectivity index (χ2v) is 12.1. The van der Waals surface area contributed by atoms with Crippen molar-refractivity contribution in [2.45, 2.75) is 0 Å². The third kappa shape index (κ3) is 3.57. The molecular formula is C43H26N4. The number of fused-ring (bicyclic) bond motifs is 10. The lowest BCUT2D eigenvalue weighted by Gasteiger charge is -2.11. The van der Waals surface area contributed by atoms with Crippen LogP contribution in [0.3, 0.4) is 0 Å². The van der Waals surface area contributed by atoms with Crippen molar-refractivity contribution in [1.29, 1.82) is 5.26 Å². The Labute approximate surface area is 270 Å². The van der Waals surface area contributed by atoms with E-state index in [1.807, 2.05) is 18.2 Å². The summed E-state index contributed by atoms with van der Waals surface area (Å²) in [6.07, 6.45) is 0. The fraction of sp³-hybridized carbons (Fsp3) is 0.